The van der Waals surface area contributed by atoms with E-state index in [-0.39, 0.29) is 10.9 Å². The summed E-state index contributed by atoms with van der Waals surface area (Å²) in [5.41, 5.74) is 0.298. The van der Waals surface area contributed by atoms with E-state index in [4.69, 9.17) is 0 Å². The zero-order chi connectivity index (χ0) is 15.6. The summed E-state index contributed by atoms with van der Waals surface area (Å²) in [5, 5.41) is 3.21. The number of hydrogen-bond donors (Lipinski definition) is 1. The summed E-state index contributed by atoms with van der Waals surface area (Å²) in [6.45, 7) is 4.44. The van der Waals surface area contributed by atoms with Gasteiger partial charge in [0.05, 0.1) is 10.6 Å². The molecule has 1 fully saturated rings. The van der Waals surface area contributed by atoms with Crippen LogP contribution in [0.15, 0.2) is 23.1 Å². The molecule has 0 aliphatic heterocycles. The first-order valence-electron chi connectivity index (χ1n) is 7.53. The van der Waals surface area contributed by atoms with Crippen molar-refractivity contribution >= 4 is 15.5 Å². The minimum absolute atomic E-state index is 0.155. The predicted octanol–water partition coefficient (Wildman–Crippen LogP) is 3.86. The van der Waals surface area contributed by atoms with Gasteiger partial charge in [-0.05, 0) is 42.9 Å². The summed E-state index contributed by atoms with van der Waals surface area (Å²) in [4.78, 5) is 0.155. The minimum atomic E-state index is -3.31. The number of halogens is 1. The van der Waals surface area contributed by atoms with Crippen LogP contribution in [0.5, 0.6) is 0 Å². The number of anilines is 1. The highest BCUT2D eigenvalue weighted by atomic mass is 32.2. The molecule has 0 spiro atoms. The van der Waals surface area contributed by atoms with Crippen LogP contribution in [0.4, 0.5) is 10.1 Å². The van der Waals surface area contributed by atoms with Gasteiger partial charge < -0.3 is 5.32 Å². The molecule has 0 bridgehead atoms. The average molecular weight is 313 g/mol. The maximum Gasteiger partial charge on any atom is 0.175 e. The number of nitrogens with one attached hydrogen (secondary N) is 1. The topological polar surface area (TPSA) is 46.2 Å². The summed E-state index contributed by atoms with van der Waals surface area (Å²) in [6.07, 6.45) is 5.51. The third-order valence-electron chi connectivity index (χ3n) is 4.38. The first-order chi connectivity index (χ1) is 9.77. The predicted molar refractivity (Wildman–Crippen MR) is 83.7 cm³/mol. The van der Waals surface area contributed by atoms with Crippen LogP contribution >= 0.6 is 0 Å². The van der Waals surface area contributed by atoms with Gasteiger partial charge in [-0.1, -0.05) is 26.7 Å². The lowest BCUT2D eigenvalue weighted by Crippen LogP contribution is -2.29. The van der Waals surface area contributed by atoms with Gasteiger partial charge in [0.25, 0.3) is 0 Å². The van der Waals surface area contributed by atoms with Gasteiger partial charge in [0, 0.05) is 12.3 Å². The molecule has 0 aromatic heterocycles. The Morgan fingerprint density at radius 3 is 2.62 bits per heavy atom. The lowest BCUT2D eigenvalue weighted by molar-refractivity contribution is 0.264. The van der Waals surface area contributed by atoms with E-state index in [9.17, 15) is 12.8 Å². The van der Waals surface area contributed by atoms with Gasteiger partial charge in [0.15, 0.2) is 9.84 Å². The summed E-state index contributed by atoms with van der Waals surface area (Å²) >= 11 is 0. The van der Waals surface area contributed by atoms with E-state index in [1.54, 1.807) is 0 Å². The van der Waals surface area contributed by atoms with Crippen LogP contribution in [0, 0.1) is 17.7 Å². The Bertz CT molecular complexity index is 598. The standard InChI is InChI=1S/C16H24FNO2S/c1-11(2)12-5-4-6-13(9-12)18-16-10-14(21(3,19)20)7-8-15(16)17/h7-8,10-13,18H,4-6,9H2,1-3H3. The second-order valence-electron chi connectivity index (χ2n) is 6.43. The van der Waals surface area contributed by atoms with Crippen LogP contribution in [0.2, 0.25) is 0 Å². The van der Waals surface area contributed by atoms with Crippen molar-refractivity contribution in [2.75, 3.05) is 11.6 Å². The first-order valence-corrected chi connectivity index (χ1v) is 9.42. The molecule has 1 aliphatic carbocycles. The third kappa shape index (κ3) is 4.19. The van der Waals surface area contributed by atoms with E-state index in [0.29, 0.717) is 17.5 Å². The highest BCUT2D eigenvalue weighted by molar-refractivity contribution is 7.90. The van der Waals surface area contributed by atoms with Gasteiger partial charge in [0.1, 0.15) is 5.82 Å². The molecule has 1 aromatic rings. The van der Waals surface area contributed by atoms with Crippen molar-refractivity contribution in [2.45, 2.75) is 50.5 Å². The molecular formula is C16H24FNO2S. The van der Waals surface area contributed by atoms with Crippen LogP contribution in [0.25, 0.3) is 0 Å². The molecule has 1 aliphatic rings. The molecule has 2 atom stereocenters. The van der Waals surface area contributed by atoms with E-state index >= 15 is 0 Å². The quantitative estimate of drug-likeness (QED) is 0.859. The summed E-state index contributed by atoms with van der Waals surface area (Å²) < 4.78 is 37.1. The molecule has 0 radical (unpaired) electrons. The fraction of sp³-hybridized carbons (Fsp3) is 0.625. The number of sulfone groups is 1. The minimum Gasteiger partial charge on any atom is -0.380 e. The fourth-order valence-electron chi connectivity index (χ4n) is 3.03. The molecule has 118 valence electrons. The lowest BCUT2D eigenvalue weighted by Gasteiger charge is -2.32. The van der Waals surface area contributed by atoms with Gasteiger partial charge in [-0.15, -0.1) is 0 Å². The van der Waals surface area contributed by atoms with Crippen LogP contribution in [-0.4, -0.2) is 20.7 Å². The molecule has 2 unspecified atom stereocenters. The van der Waals surface area contributed by atoms with E-state index < -0.39 is 15.7 Å². The molecule has 3 nitrogen and oxygen atoms in total. The van der Waals surface area contributed by atoms with Gasteiger partial charge >= 0.3 is 0 Å². The molecule has 1 saturated carbocycles. The summed E-state index contributed by atoms with van der Waals surface area (Å²) in [5.74, 6) is 0.883. The lowest BCUT2D eigenvalue weighted by atomic mass is 9.79. The average Bonchev–Trinajstić information content (AvgIpc) is 2.40. The number of rotatable bonds is 4. The van der Waals surface area contributed by atoms with Crippen molar-refractivity contribution in [2.24, 2.45) is 11.8 Å². The van der Waals surface area contributed by atoms with Crippen LogP contribution < -0.4 is 5.32 Å². The Balaban J connectivity index is 2.15. The van der Waals surface area contributed by atoms with Gasteiger partial charge in [-0.25, -0.2) is 12.8 Å². The smallest absolute Gasteiger partial charge is 0.175 e. The van der Waals surface area contributed by atoms with Crippen molar-refractivity contribution < 1.29 is 12.8 Å². The molecular weight excluding hydrogens is 289 g/mol. The number of hydrogen-bond acceptors (Lipinski definition) is 3. The molecule has 2 rings (SSSR count). The molecule has 1 N–H and O–H groups in total. The van der Waals surface area contributed by atoms with E-state index in [1.165, 1.54) is 24.6 Å². The number of benzene rings is 1. The molecule has 1 aromatic carbocycles. The maximum atomic E-state index is 13.9. The zero-order valence-electron chi connectivity index (χ0n) is 12.9. The second-order valence-corrected chi connectivity index (χ2v) is 8.44. The van der Waals surface area contributed by atoms with Crippen molar-refractivity contribution in [3.63, 3.8) is 0 Å². The van der Waals surface area contributed by atoms with Crippen molar-refractivity contribution in [1.29, 1.82) is 0 Å². The molecule has 0 heterocycles. The molecule has 5 heteroatoms. The zero-order valence-corrected chi connectivity index (χ0v) is 13.7. The second kappa shape index (κ2) is 6.34. The Morgan fingerprint density at radius 1 is 1.29 bits per heavy atom. The Hall–Kier alpha value is -1.10. The van der Waals surface area contributed by atoms with E-state index in [2.05, 4.69) is 19.2 Å². The molecule has 21 heavy (non-hydrogen) atoms. The van der Waals surface area contributed by atoms with Crippen LogP contribution in [-0.2, 0) is 9.84 Å². The highest BCUT2D eigenvalue weighted by Gasteiger charge is 2.24. The first kappa shape index (κ1) is 16.3. The maximum absolute atomic E-state index is 13.9. The summed E-state index contributed by atoms with van der Waals surface area (Å²) in [6, 6.07) is 4.16. The normalized spacial score (nSPS) is 23.3. The van der Waals surface area contributed by atoms with E-state index in [0.717, 1.165) is 25.5 Å². The third-order valence-corrected chi connectivity index (χ3v) is 5.49. The van der Waals surface area contributed by atoms with E-state index in [1.807, 2.05) is 0 Å². The summed E-state index contributed by atoms with van der Waals surface area (Å²) in [7, 11) is -3.31. The Morgan fingerprint density at radius 2 is 2.00 bits per heavy atom. The molecule has 0 amide bonds. The van der Waals surface area contributed by atoms with Gasteiger partial charge in [0.2, 0.25) is 0 Å². The van der Waals surface area contributed by atoms with Gasteiger partial charge in [-0.2, -0.15) is 0 Å². The fourth-order valence-corrected chi connectivity index (χ4v) is 3.68. The Labute approximate surface area is 126 Å². The van der Waals surface area contributed by atoms with Crippen LogP contribution in [0.3, 0.4) is 0 Å². The van der Waals surface area contributed by atoms with Crippen molar-refractivity contribution in [3.05, 3.63) is 24.0 Å². The van der Waals surface area contributed by atoms with Crippen molar-refractivity contribution in [1.82, 2.24) is 0 Å². The monoisotopic (exact) mass is 313 g/mol. The van der Waals surface area contributed by atoms with Crippen LogP contribution in [0.1, 0.15) is 39.5 Å². The van der Waals surface area contributed by atoms with Crippen molar-refractivity contribution in [3.8, 4) is 0 Å². The highest BCUT2D eigenvalue weighted by Crippen LogP contribution is 2.32. The van der Waals surface area contributed by atoms with Gasteiger partial charge in [-0.3, -0.25) is 0 Å². The largest absolute Gasteiger partial charge is 0.380 e. The SMILES string of the molecule is CC(C)C1CCCC(Nc2cc(S(C)(=O)=O)ccc2F)C1. The Kier molecular flexibility index (Phi) is 4.91. The molecule has 0 saturated heterocycles.